The monoisotopic (exact) mass is 264 g/mol. The van der Waals surface area contributed by atoms with E-state index in [1.807, 2.05) is 0 Å². The molecule has 1 saturated heterocycles. The standard InChI is InChI=1S/C15H28N4/c1-4-14-10-15(19(5-2)17-14)11-16-13(3)12-18-8-6-7-9-18/h10,13,16H,4-9,11-12H2,1-3H3. The molecule has 0 amide bonds. The van der Waals surface area contributed by atoms with E-state index in [-0.39, 0.29) is 0 Å². The molecule has 0 aromatic carbocycles. The number of likely N-dealkylation sites (tertiary alicyclic amines) is 1. The molecule has 0 spiro atoms. The predicted molar refractivity (Wildman–Crippen MR) is 79.3 cm³/mol. The van der Waals surface area contributed by atoms with E-state index in [4.69, 9.17) is 0 Å². The highest BCUT2D eigenvalue weighted by molar-refractivity contribution is 5.10. The van der Waals surface area contributed by atoms with E-state index in [1.54, 1.807) is 0 Å². The van der Waals surface area contributed by atoms with Crippen molar-refractivity contribution in [2.45, 2.75) is 59.2 Å². The van der Waals surface area contributed by atoms with Gasteiger partial charge in [-0.2, -0.15) is 5.10 Å². The van der Waals surface area contributed by atoms with Gasteiger partial charge in [-0.1, -0.05) is 6.92 Å². The zero-order chi connectivity index (χ0) is 13.7. The second-order valence-electron chi connectivity index (χ2n) is 5.59. The van der Waals surface area contributed by atoms with Gasteiger partial charge in [0.25, 0.3) is 0 Å². The first kappa shape index (κ1) is 14.5. The van der Waals surface area contributed by atoms with Gasteiger partial charge in [0.2, 0.25) is 0 Å². The second kappa shape index (κ2) is 7.06. The van der Waals surface area contributed by atoms with E-state index in [0.717, 1.165) is 19.5 Å². The summed E-state index contributed by atoms with van der Waals surface area (Å²) in [5.41, 5.74) is 2.51. The molecule has 0 radical (unpaired) electrons. The minimum absolute atomic E-state index is 0.545. The highest BCUT2D eigenvalue weighted by atomic mass is 15.3. The number of nitrogens with one attached hydrogen (secondary N) is 1. The zero-order valence-electron chi connectivity index (χ0n) is 12.7. The molecular weight excluding hydrogens is 236 g/mol. The molecule has 1 aromatic heterocycles. The highest BCUT2D eigenvalue weighted by Gasteiger charge is 2.14. The van der Waals surface area contributed by atoms with Crippen molar-refractivity contribution in [1.82, 2.24) is 20.0 Å². The van der Waals surface area contributed by atoms with Crippen molar-refractivity contribution in [2.75, 3.05) is 19.6 Å². The van der Waals surface area contributed by atoms with Gasteiger partial charge in [-0.3, -0.25) is 4.68 Å². The van der Waals surface area contributed by atoms with Crippen LogP contribution in [0.3, 0.4) is 0 Å². The molecule has 1 aromatic rings. The molecule has 1 aliphatic heterocycles. The molecule has 19 heavy (non-hydrogen) atoms. The Morgan fingerprint density at radius 2 is 2.05 bits per heavy atom. The number of aromatic nitrogens is 2. The van der Waals surface area contributed by atoms with Gasteiger partial charge in [-0.15, -0.1) is 0 Å². The topological polar surface area (TPSA) is 33.1 Å². The van der Waals surface area contributed by atoms with Crippen LogP contribution >= 0.6 is 0 Å². The summed E-state index contributed by atoms with van der Waals surface area (Å²) in [6.07, 6.45) is 3.76. The molecule has 2 heterocycles. The lowest BCUT2D eigenvalue weighted by molar-refractivity contribution is 0.297. The quantitative estimate of drug-likeness (QED) is 0.818. The van der Waals surface area contributed by atoms with Crippen molar-refractivity contribution in [3.05, 3.63) is 17.5 Å². The van der Waals surface area contributed by atoms with Gasteiger partial charge in [0.05, 0.1) is 11.4 Å². The Labute approximate surface area is 117 Å². The lowest BCUT2D eigenvalue weighted by Crippen LogP contribution is -2.37. The van der Waals surface area contributed by atoms with Gasteiger partial charge in [-0.25, -0.2) is 0 Å². The molecule has 1 fully saturated rings. The van der Waals surface area contributed by atoms with Gasteiger partial charge in [0, 0.05) is 25.7 Å². The van der Waals surface area contributed by atoms with Gasteiger partial charge >= 0.3 is 0 Å². The summed E-state index contributed by atoms with van der Waals surface area (Å²) in [6.45, 7) is 12.2. The molecule has 4 heteroatoms. The normalized spacial score (nSPS) is 18.1. The van der Waals surface area contributed by atoms with Crippen LogP contribution in [0.5, 0.6) is 0 Å². The van der Waals surface area contributed by atoms with E-state index in [0.29, 0.717) is 6.04 Å². The number of aryl methyl sites for hydroxylation is 2. The van der Waals surface area contributed by atoms with E-state index in [2.05, 4.69) is 46.8 Å². The summed E-state index contributed by atoms with van der Waals surface area (Å²) in [7, 11) is 0. The number of nitrogens with zero attached hydrogens (tertiary/aromatic N) is 3. The summed E-state index contributed by atoms with van der Waals surface area (Å²) < 4.78 is 2.12. The summed E-state index contributed by atoms with van der Waals surface area (Å²) in [5.74, 6) is 0. The fourth-order valence-electron chi connectivity index (χ4n) is 2.80. The van der Waals surface area contributed by atoms with Crippen molar-refractivity contribution in [3.8, 4) is 0 Å². The summed E-state index contributed by atoms with van der Waals surface area (Å²) in [5, 5.41) is 8.23. The third-order valence-corrected chi connectivity index (χ3v) is 3.94. The zero-order valence-corrected chi connectivity index (χ0v) is 12.7. The van der Waals surface area contributed by atoms with Gasteiger partial charge in [-0.05, 0) is 52.3 Å². The van der Waals surface area contributed by atoms with Crippen molar-refractivity contribution in [1.29, 1.82) is 0 Å². The van der Waals surface area contributed by atoms with Crippen LogP contribution in [-0.4, -0.2) is 40.4 Å². The van der Waals surface area contributed by atoms with Crippen LogP contribution < -0.4 is 5.32 Å². The van der Waals surface area contributed by atoms with Crippen LogP contribution in [0.2, 0.25) is 0 Å². The number of hydrogen-bond donors (Lipinski definition) is 1. The highest BCUT2D eigenvalue weighted by Crippen LogP contribution is 2.09. The largest absolute Gasteiger partial charge is 0.307 e. The fourth-order valence-corrected chi connectivity index (χ4v) is 2.80. The maximum Gasteiger partial charge on any atom is 0.0625 e. The lowest BCUT2D eigenvalue weighted by atomic mass is 10.2. The summed E-state index contributed by atoms with van der Waals surface area (Å²) in [6, 6.07) is 2.78. The minimum atomic E-state index is 0.545. The Morgan fingerprint density at radius 1 is 1.32 bits per heavy atom. The Morgan fingerprint density at radius 3 is 2.68 bits per heavy atom. The van der Waals surface area contributed by atoms with Gasteiger partial charge < -0.3 is 10.2 Å². The Hall–Kier alpha value is -0.870. The van der Waals surface area contributed by atoms with E-state index in [1.165, 1.54) is 43.9 Å². The molecule has 1 aliphatic rings. The lowest BCUT2D eigenvalue weighted by Gasteiger charge is -2.21. The first-order valence-corrected chi connectivity index (χ1v) is 7.74. The maximum absolute atomic E-state index is 4.59. The van der Waals surface area contributed by atoms with Crippen molar-refractivity contribution < 1.29 is 0 Å². The molecule has 1 unspecified atom stereocenters. The molecule has 4 nitrogen and oxygen atoms in total. The van der Waals surface area contributed by atoms with Gasteiger partial charge in [0.1, 0.15) is 0 Å². The van der Waals surface area contributed by atoms with E-state index in [9.17, 15) is 0 Å². The molecule has 108 valence electrons. The summed E-state index contributed by atoms with van der Waals surface area (Å²) >= 11 is 0. The molecule has 0 saturated carbocycles. The maximum atomic E-state index is 4.59. The third-order valence-electron chi connectivity index (χ3n) is 3.94. The molecule has 2 rings (SSSR count). The van der Waals surface area contributed by atoms with Crippen LogP contribution in [0.15, 0.2) is 6.07 Å². The first-order valence-electron chi connectivity index (χ1n) is 7.74. The average Bonchev–Trinajstić information content (AvgIpc) is 3.04. The van der Waals surface area contributed by atoms with Gasteiger partial charge in [0.15, 0.2) is 0 Å². The van der Waals surface area contributed by atoms with Crippen LogP contribution in [-0.2, 0) is 19.5 Å². The SMILES string of the molecule is CCc1cc(CNC(C)CN2CCCC2)n(CC)n1. The molecule has 1 N–H and O–H groups in total. The van der Waals surface area contributed by atoms with Crippen LogP contribution in [0, 0.1) is 0 Å². The van der Waals surface area contributed by atoms with Crippen molar-refractivity contribution >= 4 is 0 Å². The first-order chi connectivity index (χ1) is 9.22. The van der Waals surface area contributed by atoms with Crippen molar-refractivity contribution in [3.63, 3.8) is 0 Å². The molecule has 0 bridgehead atoms. The van der Waals surface area contributed by atoms with Crippen LogP contribution in [0.4, 0.5) is 0 Å². The van der Waals surface area contributed by atoms with Crippen LogP contribution in [0.25, 0.3) is 0 Å². The fraction of sp³-hybridized carbons (Fsp3) is 0.800. The average molecular weight is 264 g/mol. The number of hydrogen-bond acceptors (Lipinski definition) is 3. The second-order valence-corrected chi connectivity index (χ2v) is 5.59. The Balaban J connectivity index is 1.81. The smallest absolute Gasteiger partial charge is 0.0625 e. The minimum Gasteiger partial charge on any atom is -0.307 e. The van der Waals surface area contributed by atoms with E-state index >= 15 is 0 Å². The summed E-state index contributed by atoms with van der Waals surface area (Å²) in [4.78, 5) is 2.56. The molecular formula is C15H28N4. The number of rotatable bonds is 7. The molecule has 1 atom stereocenters. The Bertz CT molecular complexity index is 379. The molecule has 0 aliphatic carbocycles. The van der Waals surface area contributed by atoms with E-state index < -0.39 is 0 Å². The Kier molecular flexibility index (Phi) is 5.40. The third kappa shape index (κ3) is 4.05. The predicted octanol–water partition coefficient (Wildman–Crippen LogP) is 2.04. The van der Waals surface area contributed by atoms with Crippen LogP contribution in [0.1, 0.15) is 45.0 Å². The van der Waals surface area contributed by atoms with Crippen molar-refractivity contribution in [2.24, 2.45) is 0 Å².